The van der Waals surface area contributed by atoms with Crippen LogP contribution in [0.25, 0.3) is 16.8 Å². The molecule has 6 nitrogen and oxygen atoms in total. The normalized spacial score (nSPS) is 19.1. The lowest BCUT2D eigenvalue weighted by molar-refractivity contribution is -0.162. The molecule has 0 bridgehead atoms. The van der Waals surface area contributed by atoms with E-state index in [-0.39, 0.29) is 5.91 Å². The van der Waals surface area contributed by atoms with Crippen LogP contribution in [0.3, 0.4) is 0 Å². The standard InChI is InChI=1S/C28H33N3O2.C2H6.CH5N/c1-28(33)29-18-21-30(22-25-15-7-14-24-13-5-6-16-26(24)25)19-9-17-27(32)31(28)20-8-12-23-10-3-2-4-11-23;2*1-2/h2-8,10-16,29,33H,9,17-22H2,1H3;1-2H3;2H2,1H3/b12-8+;;. The van der Waals surface area contributed by atoms with Gasteiger partial charge in [-0.15, -0.1) is 0 Å². The van der Waals surface area contributed by atoms with Gasteiger partial charge in [-0.05, 0) is 48.8 Å². The molecule has 1 unspecified atom stereocenters. The first-order valence-electron chi connectivity index (χ1n) is 13.3. The summed E-state index contributed by atoms with van der Waals surface area (Å²) in [7, 11) is 1.50. The lowest BCUT2D eigenvalue weighted by Crippen LogP contribution is -2.60. The Labute approximate surface area is 222 Å². The number of rotatable bonds is 5. The number of carbonyl (C=O) groups is 1. The molecule has 4 N–H and O–H groups in total. The number of benzene rings is 3. The number of carbonyl (C=O) groups excluding carboxylic acids is 1. The predicted octanol–water partition coefficient (Wildman–Crippen LogP) is 4.83. The third-order valence-electron chi connectivity index (χ3n) is 6.25. The minimum absolute atomic E-state index is 0.0442. The number of nitrogens with two attached hydrogens (primary N) is 1. The van der Waals surface area contributed by atoms with Gasteiger partial charge >= 0.3 is 0 Å². The molecule has 1 atom stereocenters. The van der Waals surface area contributed by atoms with Crippen LogP contribution in [0.4, 0.5) is 0 Å². The number of aliphatic hydroxyl groups is 1. The highest BCUT2D eigenvalue weighted by molar-refractivity contribution is 5.85. The van der Waals surface area contributed by atoms with Crippen molar-refractivity contribution in [3.8, 4) is 0 Å². The summed E-state index contributed by atoms with van der Waals surface area (Å²) < 4.78 is 0. The van der Waals surface area contributed by atoms with Crippen molar-refractivity contribution in [1.29, 1.82) is 0 Å². The second-order valence-electron chi connectivity index (χ2n) is 8.78. The van der Waals surface area contributed by atoms with Gasteiger partial charge in [-0.3, -0.25) is 19.9 Å². The Morgan fingerprint density at radius 2 is 1.65 bits per heavy atom. The molecule has 1 amide bonds. The minimum Gasteiger partial charge on any atom is -0.359 e. The first-order valence-corrected chi connectivity index (χ1v) is 13.3. The predicted molar refractivity (Wildman–Crippen MR) is 156 cm³/mol. The van der Waals surface area contributed by atoms with Crippen LogP contribution in [0, 0.1) is 0 Å². The molecule has 3 aromatic carbocycles. The van der Waals surface area contributed by atoms with E-state index in [4.69, 9.17) is 0 Å². The molecule has 1 heterocycles. The van der Waals surface area contributed by atoms with Crippen molar-refractivity contribution in [2.45, 2.75) is 46.0 Å². The van der Waals surface area contributed by atoms with E-state index in [9.17, 15) is 9.90 Å². The van der Waals surface area contributed by atoms with Crippen molar-refractivity contribution in [1.82, 2.24) is 15.1 Å². The van der Waals surface area contributed by atoms with E-state index < -0.39 is 5.85 Å². The van der Waals surface area contributed by atoms with Crippen molar-refractivity contribution in [3.05, 3.63) is 90.0 Å². The number of fused-ring (bicyclic) bond motifs is 1. The molecular formula is C31H44N4O2. The Morgan fingerprint density at radius 3 is 2.41 bits per heavy atom. The van der Waals surface area contributed by atoms with Crippen molar-refractivity contribution < 1.29 is 9.90 Å². The van der Waals surface area contributed by atoms with Crippen LogP contribution in [0.1, 0.15) is 44.7 Å². The molecule has 0 spiro atoms. The molecule has 0 aliphatic carbocycles. The van der Waals surface area contributed by atoms with E-state index in [1.807, 2.05) is 56.3 Å². The summed E-state index contributed by atoms with van der Waals surface area (Å²) >= 11 is 0. The Kier molecular flexibility index (Phi) is 13.0. The summed E-state index contributed by atoms with van der Waals surface area (Å²) in [6, 6.07) is 24.8. The zero-order chi connectivity index (χ0) is 27.1. The molecule has 0 radical (unpaired) electrons. The van der Waals surface area contributed by atoms with Gasteiger partial charge in [0.15, 0.2) is 5.85 Å². The molecule has 0 saturated carbocycles. The molecule has 1 aliphatic heterocycles. The maximum Gasteiger partial charge on any atom is 0.226 e. The maximum absolute atomic E-state index is 13.0. The molecule has 37 heavy (non-hydrogen) atoms. The van der Waals surface area contributed by atoms with Gasteiger partial charge in [-0.25, -0.2) is 0 Å². The molecule has 0 aromatic heterocycles. The monoisotopic (exact) mass is 504 g/mol. The van der Waals surface area contributed by atoms with Crippen LogP contribution in [-0.4, -0.2) is 59.9 Å². The zero-order valence-electron chi connectivity index (χ0n) is 22.9. The van der Waals surface area contributed by atoms with Crippen molar-refractivity contribution >= 4 is 22.8 Å². The minimum atomic E-state index is -1.40. The highest BCUT2D eigenvalue weighted by atomic mass is 16.3. The van der Waals surface area contributed by atoms with Gasteiger partial charge in [-0.1, -0.05) is 98.8 Å². The quantitative estimate of drug-likeness (QED) is 0.464. The van der Waals surface area contributed by atoms with Crippen molar-refractivity contribution in [3.63, 3.8) is 0 Å². The lowest BCUT2D eigenvalue weighted by Gasteiger charge is -2.39. The third kappa shape index (κ3) is 9.09. The van der Waals surface area contributed by atoms with E-state index in [1.54, 1.807) is 6.92 Å². The van der Waals surface area contributed by atoms with Gasteiger partial charge in [0.1, 0.15) is 0 Å². The summed E-state index contributed by atoms with van der Waals surface area (Å²) in [5.74, 6) is -1.45. The second kappa shape index (κ2) is 15.9. The van der Waals surface area contributed by atoms with Gasteiger partial charge in [0.25, 0.3) is 0 Å². The molecular weight excluding hydrogens is 460 g/mol. The van der Waals surface area contributed by atoms with E-state index in [1.165, 1.54) is 28.3 Å². The Balaban J connectivity index is 0.00000115. The number of amides is 1. The fourth-order valence-corrected chi connectivity index (χ4v) is 4.46. The largest absolute Gasteiger partial charge is 0.359 e. The maximum atomic E-state index is 13.0. The molecule has 3 aromatic rings. The van der Waals surface area contributed by atoms with Crippen molar-refractivity contribution in [2.75, 3.05) is 33.2 Å². The molecule has 1 aliphatic rings. The van der Waals surface area contributed by atoms with Crippen LogP contribution >= 0.6 is 0 Å². The molecule has 1 saturated heterocycles. The van der Waals surface area contributed by atoms with Gasteiger partial charge in [0, 0.05) is 32.6 Å². The van der Waals surface area contributed by atoms with Gasteiger partial charge in [0.05, 0.1) is 0 Å². The number of hydrogen-bond donors (Lipinski definition) is 3. The summed E-state index contributed by atoms with van der Waals surface area (Å²) in [5.41, 5.74) is 6.86. The average Bonchev–Trinajstić information content (AvgIpc) is 2.93. The van der Waals surface area contributed by atoms with Crippen LogP contribution in [0.2, 0.25) is 0 Å². The molecule has 6 heteroatoms. The molecule has 200 valence electrons. The second-order valence-corrected chi connectivity index (χ2v) is 8.78. The summed E-state index contributed by atoms with van der Waals surface area (Å²) in [4.78, 5) is 16.9. The topological polar surface area (TPSA) is 81.8 Å². The summed E-state index contributed by atoms with van der Waals surface area (Å²) in [5, 5.41) is 16.8. The molecule has 1 fully saturated rings. The number of nitrogens with zero attached hydrogens (tertiary/aromatic N) is 2. The van der Waals surface area contributed by atoms with Gasteiger partial charge in [-0.2, -0.15) is 0 Å². The van der Waals surface area contributed by atoms with Gasteiger partial charge in [0.2, 0.25) is 5.91 Å². The lowest BCUT2D eigenvalue weighted by atomic mass is 10.0. The number of hydrogen-bond acceptors (Lipinski definition) is 5. The fourth-order valence-electron chi connectivity index (χ4n) is 4.46. The first-order chi connectivity index (χ1) is 18.0. The Bertz CT molecular complexity index is 1090. The first kappa shape index (κ1) is 30.2. The number of nitrogens with one attached hydrogen (secondary N) is 1. The summed E-state index contributed by atoms with van der Waals surface area (Å²) in [6.07, 6.45) is 5.08. The third-order valence-corrected chi connectivity index (χ3v) is 6.25. The van der Waals surface area contributed by atoms with E-state index in [2.05, 4.69) is 58.4 Å². The van der Waals surface area contributed by atoms with Crippen LogP contribution in [-0.2, 0) is 11.3 Å². The SMILES string of the molecule is CC.CC1(O)NCCN(Cc2cccc3ccccc23)CCCC(=O)N1C/C=C/c1ccccc1.CN. The van der Waals surface area contributed by atoms with E-state index in [0.717, 1.165) is 31.6 Å². The fraction of sp³-hybridized carbons (Fsp3) is 0.387. The zero-order valence-corrected chi connectivity index (χ0v) is 22.9. The van der Waals surface area contributed by atoms with Crippen LogP contribution < -0.4 is 11.1 Å². The molecule has 4 rings (SSSR count). The smallest absolute Gasteiger partial charge is 0.226 e. The Morgan fingerprint density at radius 1 is 0.973 bits per heavy atom. The highest BCUT2D eigenvalue weighted by Crippen LogP contribution is 2.21. The summed E-state index contributed by atoms with van der Waals surface area (Å²) in [6.45, 7) is 9.06. The Hall–Kier alpha value is -3.03. The van der Waals surface area contributed by atoms with E-state index >= 15 is 0 Å². The van der Waals surface area contributed by atoms with Gasteiger partial charge < -0.3 is 10.8 Å². The highest BCUT2D eigenvalue weighted by Gasteiger charge is 2.32. The van der Waals surface area contributed by atoms with E-state index in [0.29, 0.717) is 19.5 Å². The van der Waals surface area contributed by atoms with Crippen LogP contribution in [0.5, 0.6) is 0 Å². The van der Waals surface area contributed by atoms with Crippen molar-refractivity contribution in [2.24, 2.45) is 5.73 Å². The van der Waals surface area contributed by atoms with Crippen LogP contribution in [0.15, 0.2) is 78.9 Å². The average molecular weight is 505 g/mol.